The third kappa shape index (κ3) is 7.58. The molecule has 268 valence electrons. The summed E-state index contributed by atoms with van der Waals surface area (Å²) in [5, 5.41) is 6.28. The van der Waals surface area contributed by atoms with Crippen molar-refractivity contribution in [3.63, 3.8) is 0 Å². The van der Waals surface area contributed by atoms with E-state index >= 15 is 0 Å². The van der Waals surface area contributed by atoms with Gasteiger partial charge in [0, 0.05) is 22.7 Å². The molecule has 0 saturated heterocycles. The maximum Gasteiger partial charge on any atom is 0.0777 e. The van der Waals surface area contributed by atoms with Crippen molar-refractivity contribution in [3.8, 4) is 0 Å². The van der Waals surface area contributed by atoms with E-state index in [1.807, 2.05) is 0 Å². The van der Waals surface area contributed by atoms with E-state index in [0.717, 1.165) is 38.6 Å². The first-order valence-electron chi connectivity index (χ1n) is 18.7. The molecule has 0 amide bonds. The number of hydrogen-bond donors (Lipinski definition) is 0. The molecule has 0 aromatic heterocycles. The minimum atomic E-state index is -1.84. The lowest BCUT2D eigenvalue weighted by Crippen LogP contribution is -2.38. The van der Waals surface area contributed by atoms with Crippen LogP contribution in [0.1, 0.15) is 52.7 Å². The summed E-state index contributed by atoms with van der Waals surface area (Å²) in [6.45, 7) is 21.0. The fourth-order valence-electron chi connectivity index (χ4n) is 7.06. The lowest BCUT2D eigenvalue weighted by atomic mass is 9.86. The van der Waals surface area contributed by atoms with Gasteiger partial charge in [-0.2, -0.15) is 0 Å². The van der Waals surface area contributed by atoms with E-state index in [-0.39, 0.29) is 10.8 Å². The minimum Gasteiger partial charge on any atom is -0.309 e. The van der Waals surface area contributed by atoms with E-state index in [1.54, 1.807) is 0 Å². The van der Waals surface area contributed by atoms with Gasteiger partial charge in [0.25, 0.3) is 0 Å². The van der Waals surface area contributed by atoms with E-state index in [0.29, 0.717) is 0 Å². The normalized spacial score (nSPS) is 12.3. The van der Waals surface area contributed by atoms with Crippen LogP contribution in [0, 0.1) is 0 Å². The third-order valence-electron chi connectivity index (χ3n) is 10.3. The van der Waals surface area contributed by atoms with Crippen molar-refractivity contribution in [2.45, 2.75) is 72.0 Å². The summed E-state index contributed by atoms with van der Waals surface area (Å²) in [6, 6.07) is 54.1. The van der Waals surface area contributed by atoms with Gasteiger partial charge in [-0.3, -0.25) is 0 Å². The highest BCUT2D eigenvalue weighted by Crippen LogP contribution is 2.48. The molecular formula is C49H51BrN2Si. The maximum atomic E-state index is 4.30. The van der Waals surface area contributed by atoms with E-state index in [9.17, 15) is 0 Å². The molecule has 0 aliphatic rings. The minimum absolute atomic E-state index is 0.0590. The summed E-state index contributed by atoms with van der Waals surface area (Å²) in [7, 11) is -1.84. The third-order valence-corrected chi connectivity index (χ3v) is 13.2. The van der Waals surface area contributed by atoms with Crippen molar-refractivity contribution < 1.29 is 0 Å². The zero-order chi connectivity index (χ0) is 37.7. The van der Waals surface area contributed by atoms with Gasteiger partial charge < -0.3 is 9.80 Å². The molecule has 53 heavy (non-hydrogen) atoms. The largest absolute Gasteiger partial charge is 0.309 e. The van der Waals surface area contributed by atoms with Crippen molar-refractivity contribution in [2.24, 2.45) is 0 Å². The average Bonchev–Trinajstić information content (AvgIpc) is 3.12. The lowest BCUT2D eigenvalue weighted by molar-refractivity contribution is 0.590. The zero-order valence-electron chi connectivity index (χ0n) is 32.6. The molecule has 4 heteroatoms. The first-order chi connectivity index (χ1) is 25.1. The fraction of sp³-hybridized carbons (Fsp3) is 0.224. The number of halogens is 1. The van der Waals surface area contributed by atoms with E-state index in [4.69, 9.17) is 0 Å². The quantitative estimate of drug-likeness (QED) is 0.149. The Morgan fingerprint density at radius 1 is 0.415 bits per heavy atom. The highest BCUT2D eigenvalue weighted by Gasteiger charge is 2.28. The zero-order valence-corrected chi connectivity index (χ0v) is 35.2. The molecule has 0 atom stereocenters. The van der Waals surface area contributed by atoms with Gasteiger partial charge in [0.1, 0.15) is 0 Å². The van der Waals surface area contributed by atoms with Crippen LogP contribution in [0.4, 0.5) is 34.1 Å². The van der Waals surface area contributed by atoms with Crippen LogP contribution in [0.2, 0.25) is 19.6 Å². The lowest BCUT2D eigenvalue weighted by Gasteiger charge is -2.34. The van der Waals surface area contributed by atoms with Crippen LogP contribution in [0.5, 0.6) is 0 Å². The summed E-state index contributed by atoms with van der Waals surface area (Å²) in [4.78, 5) is 4.88. The number of nitrogens with zero attached hydrogens (tertiary/aromatic N) is 2. The summed E-state index contributed by atoms with van der Waals surface area (Å²) in [6.07, 6.45) is 0. The molecule has 2 nitrogen and oxygen atoms in total. The van der Waals surface area contributed by atoms with Crippen LogP contribution in [0.3, 0.4) is 0 Å². The number of fused-ring (bicyclic) bond motifs is 2. The van der Waals surface area contributed by atoms with Crippen LogP contribution in [-0.4, -0.2) is 8.07 Å². The summed E-state index contributed by atoms with van der Waals surface area (Å²) < 4.78 is 1.04. The van der Waals surface area contributed by atoms with Gasteiger partial charge in [-0.05, 0) is 120 Å². The van der Waals surface area contributed by atoms with Crippen molar-refractivity contribution in [1.29, 1.82) is 0 Å². The second-order valence-electron chi connectivity index (χ2n) is 17.4. The second-order valence-corrected chi connectivity index (χ2v) is 23.3. The van der Waals surface area contributed by atoms with Gasteiger partial charge in [0.2, 0.25) is 0 Å². The average molecular weight is 776 g/mol. The summed E-state index contributed by atoms with van der Waals surface area (Å²) in [5.74, 6) is 0. The predicted octanol–water partition coefficient (Wildman–Crippen LogP) is 14.8. The number of hydrogen-bond acceptors (Lipinski definition) is 2. The van der Waals surface area contributed by atoms with Gasteiger partial charge in [0.05, 0.1) is 23.9 Å². The van der Waals surface area contributed by atoms with Crippen LogP contribution in [-0.2, 0) is 10.8 Å². The van der Waals surface area contributed by atoms with Crippen LogP contribution in [0.15, 0.2) is 150 Å². The molecule has 0 aliphatic heterocycles. The smallest absolute Gasteiger partial charge is 0.0777 e. The topological polar surface area (TPSA) is 6.48 Å². The maximum absolute atomic E-state index is 4.30. The highest BCUT2D eigenvalue weighted by molar-refractivity contribution is 9.10. The first-order valence-corrected chi connectivity index (χ1v) is 23.0. The molecule has 0 saturated carbocycles. The predicted molar refractivity (Wildman–Crippen MR) is 239 cm³/mol. The van der Waals surface area contributed by atoms with Crippen molar-refractivity contribution >= 4 is 84.9 Å². The molecule has 0 bridgehead atoms. The van der Waals surface area contributed by atoms with E-state index in [1.165, 1.54) is 37.9 Å². The SMILES string of the molecule is CC(C)(C)c1ccc(N(c2ccc(C(C)(C)C)cc2)c2cc([Si](C)(C)C)cc(N(c3ccc4ccccc4c3)c3ccc4ccccc4c3)c2Br)cc1. The van der Waals surface area contributed by atoms with Gasteiger partial charge in [-0.15, -0.1) is 0 Å². The van der Waals surface area contributed by atoms with Crippen molar-refractivity contribution in [2.75, 3.05) is 9.80 Å². The Bertz CT molecular complexity index is 2270. The Labute approximate surface area is 326 Å². The van der Waals surface area contributed by atoms with Crippen LogP contribution >= 0.6 is 15.9 Å². The molecule has 7 aromatic carbocycles. The number of benzene rings is 7. The first kappa shape index (κ1) is 36.7. The Hall–Kier alpha value is -4.64. The van der Waals surface area contributed by atoms with Gasteiger partial charge in [-0.25, -0.2) is 0 Å². The van der Waals surface area contributed by atoms with Gasteiger partial charge in [0.15, 0.2) is 0 Å². The molecular weight excluding hydrogens is 725 g/mol. The fourth-order valence-corrected chi connectivity index (χ4v) is 8.78. The Balaban J connectivity index is 1.52. The summed E-state index contributed by atoms with van der Waals surface area (Å²) in [5.41, 5.74) is 9.49. The second kappa shape index (κ2) is 14.0. The Morgan fingerprint density at radius 2 is 0.755 bits per heavy atom. The van der Waals surface area contributed by atoms with Crippen molar-refractivity contribution in [1.82, 2.24) is 0 Å². The summed E-state index contributed by atoms with van der Waals surface area (Å²) >= 11 is 4.30. The molecule has 0 spiro atoms. The Kier molecular flexibility index (Phi) is 9.67. The van der Waals surface area contributed by atoms with E-state index in [2.05, 4.69) is 233 Å². The molecule has 0 radical (unpaired) electrons. The molecule has 0 aliphatic carbocycles. The van der Waals surface area contributed by atoms with Crippen LogP contribution in [0.25, 0.3) is 21.5 Å². The molecule has 7 rings (SSSR count). The molecule has 0 unspecified atom stereocenters. The van der Waals surface area contributed by atoms with E-state index < -0.39 is 8.07 Å². The molecule has 7 aromatic rings. The molecule has 0 heterocycles. The Morgan fingerprint density at radius 3 is 1.11 bits per heavy atom. The van der Waals surface area contributed by atoms with Crippen LogP contribution < -0.4 is 15.0 Å². The molecule has 0 fully saturated rings. The molecule has 0 N–H and O–H groups in total. The highest BCUT2D eigenvalue weighted by atomic mass is 79.9. The monoisotopic (exact) mass is 774 g/mol. The standard InChI is InChI=1S/C49H51BrN2Si/c1-48(2,3)38-20-26-40(27-21-38)51(41-28-22-39(23-29-41)49(4,5)6)45-32-44(53(7,8)9)33-46(47(45)50)52(42-24-18-34-14-10-12-16-36(34)30-42)43-25-19-35-15-11-13-17-37(35)31-43/h10-33H,1-9H3. The van der Waals surface area contributed by atoms with Gasteiger partial charge >= 0.3 is 0 Å². The van der Waals surface area contributed by atoms with Crippen molar-refractivity contribution in [3.05, 3.63) is 161 Å². The number of anilines is 6. The van der Waals surface area contributed by atoms with Gasteiger partial charge in [-0.1, -0.05) is 151 Å². The number of rotatable bonds is 7.